The Bertz CT molecular complexity index is 680. The lowest BCUT2D eigenvalue weighted by Gasteiger charge is -2.16. The van der Waals surface area contributed by atoms with Crippen LogP contribution in [0.1, 0.15) is 31.1 Å². The molecule has 4 heteroatoms. The molecule has 1 N–H and O–H groups in total. The second kappa shape index (κ2) is 4.35. The first-order valence-corrected chi connectivity index (χ1v) is 6.41. The normalized spacial score (nSPS) is 11.8. The van der Waals surface area contributed by atoms with Crippen molar-refractivity contribution in [3.05, 3.63) is 39.9 Å². The number of fused-ring (bicyclic) bond motifs is 1. The summed E-state index contributed by atoms with van der Waals surface area (Å²) >= 11 is 3.38. The van der Waals surface area contributed by atoms with Gasteiger partial charge in [-0.15, -0.1) is 0 Å². The number of ketones is 1. The zero-order valence-corrected chi connectivity index (χ0v) is 12.1. The van der Waals surface area contributed by atoms with Crippen molar-refractivity contribution >= 4 is 32.7 Å². The van der Waals surface area contributed by atoms with Crippen LogP contribution in [0.25, 0.3) is 11.0 Å². The van der Waals surface area contributed by atoms with Crippen LogP contribution in [-0.4, -0.2) is 5.78 Å². The fraction of sp³-hybridized carbons (Fsp3) is 0.286. The van der Waals surface area contributed by atoms with Gasteiger partial charge in [-0.2, -0.15) is 0 Å². The van der Waals surface area contributed by atoms with Crippen molar-refractivity contribution in [3.8, 4) is 0 Å². The van der Waals surface area contributed by atoms with Gasteiger partial charge in [0.1, 0.15) is 5.58 Å². The van der Waals surface area contributed by atoms with Crippen molar-refractivity contribution in [1.29, 1.82) is 5.41 Å². The Morgan fingerprint density at radius 3 is 2.56 bits per heavy atom. The molecule has 0 saturated carbocycles. The quantitative estimate of drug-likeness (QED) is 0.812. The first kappa shape index (κ1) is 13.0. The summed E-state index contributed by atoms with van der Waals surface area (Å²) in [7, 11) is 0. The summed E-state index contributed by atoms with van der Waals surface area (Å²) in [6.07, 6.45) is 0. The van der Waals surface area contributed by atoms with Gasteiger partial charge in [-0.25, -0.2) is 0 Å². The minimum Gasteiger partial charge on any atom is -0.438 e. The number of hydrogen-bond acceptors (Lipinski definition) is 3. The highest BCUT2D eigenvalue weighted by Gasteiger charge is 2.25. The van der Waals surface area contributed by atoms with Gasteiger partial charge < -0.3 is 4.42 Å². The Morgan fingerprint density at radius 1 is 1.28 bits per heavy atom. The van der Waals surface area contributed by atoms with E-state index in [1.807, 2.05) is 32.9 Å². The average Bonchev–Trinajstić information content (AvgIpc) is 2.26. The first-order valence-electron chi connectivity index (χ1n) is 5.62. The summed E-state index contributed by atoms with van der Waals surface area (Å²) in [6, 6.07) is 7.22. The maximum atomic E-state index is 12.2. The molecule has 0 aliphatic heterocycles. The third-order valence-electron chi connectivity index (χ3n) is 2.65. The fourth-order valence-electron chi connectivity index (χ4n) is 1.68. The van der Waals surface area contributed by atoms with Crippen LogP contribution >= 0.6 is 15.9 Å². The van der Waals surface area contributed by atoms with Gasteiger partial charge >= 0.3 is 0 Å². The van der Waals surface area contributed by atoms with E-state index in [9.17, 15) is 4.79 Å². The first-order chi connectivity index (χ1) is 8.29. The van der Waals surface area contributed by atoms with E-state index in [0.29, 0.717) is 11.1 Å². The molecule has 0 radical (unpaired) electrons. The van der Waals surface area contributed by atoms with Crippen molar-refractivity contribution in [2.75, 3.05) is 0 Å². The van der Waals surface area contributed by atoms with Crippen molar-refractivity contribution in [1.82, 2.24) is 0 Å². The number of carbonyl (C=O) groups is 1. The van der Waals surface area contributed by atoms with E-state index >= 15 is 0 Å². The number of nitrogens with one attached hydrogen (secondary N) is 1. The second-order valence-corrected chi connectivity index (χ2v) is 6.17. The van der Waals surface area contributed by atoms with Gasteiger partial charge in [-0.1, -0.05) is 36.7 Å². The number of benzene rings is 1. The molecule has 1 aromatic heterocycles. The van der Waals surface area contributed by atoms with Gasteiger partial charge in [0.05, 0.1) is 5.56 Å². The summed E-state index contributed by atoms with van der Waals surface area (Å²) in [5.74, 6) is -0.0851. The summed E-state index contributed by atoms with van der Waals surface area (Å²) in [6.45, 7) is 5.50. The van der Waals surface area contributed by atoms with Crippen LogP contribution in [0.4, 0.5) is 0 Å². The number of carbonyl (C=O) groups excluding carboxylic acids is 1. The zero-order valence-electron chi connectivity index (χ0n) is 10.5. The van der Waals surface area contributed by atoms with Crippen LogP contribution in [0.15, 0.2) is 33.2 Å². The van der Waals surface area contributed by atoms with Gasteiger partial charge in [0.25, 0.3) is 0 Å². The monoisotopic (exact) mass is 307 g/mol. The van der Waals surface area contributed by atoms with Crippen LogP contribution in [0, 0.1) is 10.8 Å². The SMILES string of the molecule is CC(C)(C)C(=O)c1cc2cc(Br)ccc2oc1=N. The van der Waals surface area contributed by atoms with E-state index in [1.165, 1.54) is 0 Å². The molecule has 0 atom stereocenters. The Kier molecular flexibility index (Phi) is 3.15. The smallest absolute Gasteiger partial charge is 0.222 e. The van der Waals surface area contributed by atoms with E-state index < -0.39 is 5.41 Å². The maximum absolute atomic E-state index is 12.2. The van der Waals surface area contributed by atoms with Gasteiger partial charge in [0, 0.05) is 15.3 Å². The number of rotatable bonds is 1. The Labute approximate surface area is 113 Å². The van der Waals surface area contributed by atoms with E-state index in [1.54, 1.807) is 12.1 Å². The summed E-state index contributed by atoms with van der Waals surface area (Å²) in [5, 5.41) is 8.63. The number of halogens is 1. The minimum absolute atomic E-state index is 0.0789. The molecule has 3 nitrogen and oxygen atoms in total. The van der Waals surface area contributed by atoms with Crippen LogP contribution in [0.5, 0.6) is 0 Å². The lowest BCUT2D eigenvalue weighted by molar-refractivity contribution is 0.0853. The van der Waals surface area contributed by atoms with Gasteiger partial charge in [0.15, 0.2) is 5.78 Å². The molecule has 0 amide bonds. The summed E-state index contributed by atoms with van der Waals surface area (Å²) in [5.41, 5.74) is 0.330. The van der Waals surface area contributed by atoms with Crippen LogP contribution < -0.4 is 5.55 Å². The van der Waals surface area contributed by atoms with Crippen LogP contribution in [0.2, 0.25) is 0 Å². The fourth-order valence-corrected chi connectivity index (χ4v) is 2.06. The topological polar surface area (TPSA) is 54.1 Å². The van der Waals surface area contributed by atoms with E-state index in [4.69, 9.17) is 9.83 Å². The van der Waals surface area contributed by atoms with Crippen molar-refractivity contribution in [2.45, 2.75) is 20.8 Å². The molecule has 2 rings (SSSR count). The van der Waals surface area contributed by atoms with Crippen LogP contribution in [-0.2, 0) is 0 Å². The highest BCUT2D eigenvalue weighted by atomic mass is 79.9. The van der Waals surface area contributed by atoms with Crippen molar-refractivity contribution in [3.63, 3.8) is 0 Å². The van der Waals surface area contributed by atoms with Gasteiger partial charge in [-0.3, -0.25) is 10.2 Å². The maximum Gasteiger partial charge on any atom is 0.222 e. The molecule has 2 aromatic rings. The van der Waals surface area contributed by atoms with E-state index in [0.717, 1.165) is 9.86 Å². The molecule has 1 aromatic carbocycles. The predicted octanol–water partition coefficient (Wildman–Crippen LogP) is 3.90. The van der Waals surface area contributed by atoms with Gasteiger partial charge in [-0.05, 0) is 24.3 Å². The number of hydrogen-bond donors (Lipinski definition) is 1. The lowest BCUT2D eigenvalue weighted by Crippen LogP contribution is -2.26. The summed E-state index contributed by atoms with van der Waals surface area (Å²) < 4.78 is 6.30. The van der Waals surface area contributed by atoms with Crippen molar-refractivity contribution in [2.24, 2.45) is 5.41 Å². The predicted molar refractivity (Wildman–Crippen MR) is 73.6 cm³/mol. The molecule has 0 spiro atoms. The van der Waals surface area contributed by atoms with E-state index in [2.05, 4.69) is 15.9 Å². The zero-order chi connectivity index (χ0) is 13.5. The Hall–Kier alpha value is -1.42. The molecule has 0 fully saturated rings. The van der Waals surface area contributed by atoms with Gasteiger partial charge in [0.2, 0.25) is 5.55 Å². The molecule has 0 aliphatic rings. The highest BCUT2D eigenvalue weighted by molar-refractivity contribution is 9.10. The molecule has 0 bridgehead atoms. The molecule has 0 saturated heterocycles. The molecule has 0 aliphatic carbocycles. The molecule has 18 heavy (non-hydrogen) atoms. The van der Waals surface area contributed by atoms with E-state index in [-0.39, 0.29) is 11.3 Å². The average molecular weight is 308 g/mol. The highest BCUT2D eigenvalue weighted by Crippen LogP contribution is 2.23. The minimum atomic E-state index is -0.523. The Balaban J connectivity index is 2.69. The largest absolute Gasteiger partial charge is 0.438 e. The molecular formula is C14H14BrNO2. The molecular weight excluding hydrogens is 294 g/mol. The third-order valence-corrected chi connectivity index (χ3v) is 3.15. The summed E-state index contributed by atoms with van der Waals surface area (Å²) in [4.78, 5) is 12.2. The lowest BCUT2D eigenvalue weighted by atomic mass is 9.87. The third kappa shape index (κ3) is 2.38. The second-order valence-electron chi connectivity index (χ2n) is 5.25. The standard InChI is InChI=1S/C14H14BrNO2/c1-14(2,3)12(17)10-7-8-6-9(15)4-5-11(8)18-13(10)16/h4-7,16H,1-3H3. The molecule has 1 heterocycles. The molecule has 94 valence electrons. The number of Topliss-reactive ketones (excluding diaryl/α,β-unsaturated/α-hetero) is 1. The van der Waals surface area contributed by atoms with Crippen molar-refractivity contribution < 1.29 is 9.21 Å². The van der Waals surface area contributed by atoms with Crippen LogP contribution in [0.3, 0.4) is 0 Å². The Morgan fingerprint density at radius 2 is 1.94 bits per heavy atom. The molecule has 0 unspecified atom stereocenters.